The van der Waals surface area contributed by atoms with Gasteiger partial charge in [-0.3, -0.25) is 9.59 Å². The third-order valence-corrected chi connectivity index (χ3v) is 4.77. The van der Waals surface area contributed by atoms with Gasteiger partial charge in [-0.1, -0.05) is 17.7 Å². The standard InChI is InChI=1S/C19H18N2O4S/c1-3-25-18(23)13-6-8-14(9-7-13)20-16-17(22)21(19(24)26-16)15-10-4-12(2)5-11-15/h4-11,16,20H,3H2,1-2H3/t16-/m0/s1. The van der Waals surface area contributed by atoms with Crippen LogP contribution in [0.4, 0.5) is 16.2 Å². The van der Waals surface area contributed by atoms with Crippen molar-refractivity contribution in [1.29, 1.82) is 0 Å². The van der Waals surface area contributed by atoms with Crippen molar-refractivity contribution in [1.82, 2.24) is 0 Å². The summed E-state index contributed by atoms with van der Waals surface area (Å²) in [5, 5.41) is 2.00. The van der Waals surface area contributed by atoms with Crippen LogP contribution in [0.3, 0.4) is 0 Å². The van der Waals surface area contributed by atoms with E-state index in [1.807, 2.05) is 19.1 Å². The lowest BCUT2D eigenvalue weighted by Gasteiger charge is -2.15. The van der Waals surface area contributed by atoms with Crippen LogP contribution in [0.2, 0.25) is 0 Å². The van der Waals surface area contributed by atoms with Gasteiger partial charge < -0.3 is 10.1 Å². The molecule has 1 heterocycles. The normalized spacial score (nSPS) is 16.7. The van der Waals surface area contributed by atoms with Crippen molar-refractivity contribution < 1.29 is 19.1 Å². The zero-order chi connectivity index (χ0) is 18.7. The maximum atomic E-state index is 12.6. The molecule has 0 aromatic heterocycles. The van der Waals surface area contributed by atoms with E-state index in [0.717, 1.165) is 17.3 Å². The molecule has 1 aliphatic heterocycles. The van der Waals surface area contributed by atoms with Gasteiger partial charge in [0.25, 0.3) is 11.1 Å². The number of amides is 2. The molecule has 0 aliphatic carbocycles. The van der Waals surface area contributed by atoms with Gasteiger partial charge in [-0.05, 0) is 62.0 Å². The maximum Gasteiger partial charge on any atom is 0.338 e. The van der Waals surface area contributed by atoms with Gasteiger partial charge in [-0.25, -0.2) is 9.69 Å². The molecule has 1 saturated heterocycles. The molecule has 0 spiro atoms. The average Bonchev–Trinajstić information content (AvgIpc) is 2.90. The first-order valence-electron chi connectivity index (χ1n) is 8.14. The van der Waals surface area contributed by atoms with Crippen LogP contribution in [0.15, 0.2) is 48.5 Å². The number of esters is 1. The lowest BCUT2D eigenvalue weighted by molar-refractivity contribution is -0.116. The number of benzene rings is 2. The van der Waals surface area contributed by atoms with Crippen LogP contribution in [0.5, 0.6) is 0 Å². The molecule has 0 saturated carbocycles. The highest BCUT2D eigenvalue weighted by molar-refractivity contribution is 8.16. The van der Waals surface area contributed by atoms with Crippen molar-refractivity contribution in [2.24, 2.45) is 0 Å². The van der Waals surface area contributed by atoms with Crippen LogP contribution in [0.1, 0.15) is 22.8 Å². The van der Waals surface area contributed by atoms with Crippen molar-refractivity contribution >= 4 is 40.3 Å². The number of aryl methyl sites for hydroxylation is 1. The fourth-order valence-corrected chi connectivity index (χ4v) is 3.40. The Balaban J connectivity index is 1.71. The molecule has 134 valence electrons. The lowest BCUT2D eigenvalue weighted by Crippen LogP contribution is -2.34. The van der Waals surface area contributed by atoms with Crippen LogP contribution in [-0.4, -0.2) is 29.1 Å². The van der Waals surface area contributed by atoms with Crippen LogP contribution < -0.4 is 10.2 Å². The zero-order valence-electron chi connectivity index (χ0n) is 14.4. The SMILES string of the molecule is CCOC(=O)c1ccc(N[C@H]2SC(=O)N(c3ccc(C)cc3)C2=O)cc1. The first-order chi connectivity index (χ1) is 12.5. The Kier molecular flexibility index (Phi) is 5.27. The van der Waals surface area contributed by atoms with E-state index < -0.39 is 11.3 Å². The van der Waals surface area contributed by atoms with Gasteiger partial charge in [-0.15, -0.1) is 0 Å². The Bertz CT molecular complexity index is 834. The summed E-state index contributed by atoms with van der Waals surface area (Å²) in [6.07, 6.45) is 0. The smallest absolute Gasteiger partial charge is 0.338 e. The number of rotatable bonds is 5. The topological polar surface area (TPSA) is 75.7 Å². The predicted octanol–water partition coefficient (Wildman–Crippen LogP) is 3.81. The van der Waals surface area contributed by atoms with E-state index in [0.29, 0.717) is 23.5 Å². The van der Waals surface area contributed by atoms with Gasteiger partial charge in [0.05, 0.1) is 17.9 Å². The van der Waals surface area contributed by atoms with Crippen molar-refractivity contribution in [3.8, 4) is 0 Å². The number of ether oxygens (including phenoxy) is 1. The molecule has 0 radical (unpaired) electrons. The molecule has 6 nitrogen and oxygen atoms in total. The van der Waals surface area contributed by atoms with Crippen LogP contribution in [0, 0.1) is 6.92 Å². The molecular weight excluding hydrogens is 352 g/mol. The predicted molar refractivity (Wildman–Crippen MR) is 101 cm³/mol. The molecule has 3 rings (SSSR count). The minimum Gasteiger partial charge on any atom is -0.462 e. The molecule has 1 atom stereocenters. The number of carbonyl (C=O) groups excluding carboxylic acids is 3. The van der Waals surface area contributed by atoms with E-state index >= 15 is 0 Å². The molecule has 1 N–H and O–H groups in total. The number of anilines is 2. The van der Waals surface area contributed by atoms with Gasteiger partial charge in [0.1, 0.15) is 0 Å². The Labute approximate surface area is 155 Å². The van der Waals surface area contributed by atoms with E-state index in [2.05, 4.69) is 5.32 Å². The first kappa shape index (κ1) is 18.0. The fourth-order valence-electron chi connectivity index (χ4n) is 2.50. The number of carbonyl (C=O) groups is 3. The Morgan fingerprint density at radius 3 is 2.38 bits per heavy atom. The number of nitrogens with zero attached hydrogens (tertiary/aromatic N) is 1. The number of nitrogens with one attached hydrogen (secondary N) is 1. The minimum absolute atomic E-state index is 0.309. The molecule has 0 unspecified atom stereocenters. The van der Waals surface area contributed by atoms with Crippen LogP contribution in [-0.2, 0) is 9.53 Å². The van der Waals surface area contributed by atoms with E-state index in [9.17, 15) is 14.4 Å². The van der Waals surface area contributed by atoms with E-state index in [4.69, 9.17) is 4.74 Å². The Morgan fingerprint density at radius 2 is 1.77 bits per heavy atom. The molecule has 2 aromatic rings. The third-order valence-electron chi connectivity index (χ3n) is 3.83. The van der Waals surface area contributed by atoms with Gasteiger partial charge in [0.2, 0.25) is 0 Å². The highest BCUT2D eigenvalue weighted by Gasteiger charge is 2.40. The Hall–Kier alpha value is -2.80. The minimum atomic E-state index is -0.711. The monoisotopic (exact) mass is 370 g/mol. The molecular formula is C19H18N2O4S. The molecule has 1 aliphatic rings. The summed E-state index contributed by atoms with van der Waals surface area (Å²) in [5.41, 5.74) is 2.68. The summed E-state index contributed by atoms with van der Waals surface area (Å²) < 4.78 is 4.93. The summed E-state index contributed by atoms with van der Waals surface area (Å²) in [6.45, 7) is 3.99. The van der Waals surface area contributed by atoms with Crippen molar-refractivity contribution in [2.75, 3.05) is 16.8 Å². The largest absolute Gasteiger partial charge is 0.462 e. The van der Waals surface area contributed by atoms with E-state index in [1.54, 1.807) is 43.3 Å². The summed E-state index contributed by atoms with van der Waals surface area (Å²) in [6, 6.07) is 13.8. The molecule has 2 aromatic carbocycles. The van der Waals surface area contributed by atoms with Gasteiger partial charge in [0, 0.05) is 5.69 Å². The lowest BCUT2D eigenvalue weighted by atomic mass is 10.2. The summed E-state index contributed by atoms with van der Waals surface area (Å²) in [7, 11) is 0. The second-order valence-corrected chi connectivity index (χ2v) is 6.77. The van der Waals surface area contributed by atoms with E-state index in [-0.39, 0.29) is 11.1 Å². The highest BCUT2D eigenvalue weighted by Crippen LogP contribution is 2.32. The quantitative estimate of drug-likeness (QED) is 0.807. The second-order valence-electron chi connectivity index (χ2n) is 5.72. The van der Waals surface area contributed by atoms with Gasteiger partial charge in [0.15, 0.2) is 5.37 Å². The summed E-state index contributed by atoms with van der Waals surface area (Å²) >= 11 is 0.929. The third kappa shape index (κ3) is 3.72. The summed E-state index contributed by atoms with van der Waals surface area (Å²) in [5.74, 6) is -0.718. The van der Waals surface area contributed by atoms with Gasteiger partial charge >= 0.3 is 5.97 Å². The fraction of sp³-hybridized carbons (Fsp3) is 0.211. The van der Waals surface area contributed by atoms with Crippen LogP contribution in [0.25, 0.3) is 0 Å². The first-order valence-corrected chi connectivity index (χ1v) is 9.02. The van der Waals surface area contributed by atoms with Crippen molar-refractivity contribution in [3.63, 3.8) is 0 Å². The maximum absolute atomic E-state index is 12.6. The Morgan fingerprint density at radius 1 is 1.12 bits per heavy atom. The van der Waals surface area contributed by atoms with Gasteiger partial charge in [-0.2, -0.15) is 0 Å². The molecule has 0 bridgehead atoms. The number of thioether (sulfide) groups is 1. The number of hydrogen-bond donors (Lipinski definition) is 1. The molecule has 1 fully saturated rings. The van der Waals surface area contributed by atoms with E-state index in [1.165, 1.54) is 4.90 Å². The van der Waals surface area contributed by atoms with Crippen LogP contribution >= 0.6 is 11.8 Å². The number of hydrogen-bond acceptors (Lipinski definition) is 6. The summed E-state index contributed by atoms with van der Waals surface area (Å²) in [4.78, 5) is 37.7. The zero-order valence-corrected chi connectivity index (χ0v) is 15.2. The molecule has 26 heavy (non-hydrogen) atoms. The van der Waals surface area contributed by atoms with Crippen molar-refractivity contribution in [2.45, 2.75) is 19.2 Å². The second kappa shape index (κ2) is 7.61. The number of imide groups is 1. The average molecular weight is 370 g/mol. The highest BCUT2D eigenvalue weighted by atomic mass is 32.2. The van der Waals surface area contributed by atoms with Crippen molar-refractivity contribution in [3.05, 3.63) is 59.7 Å². The molecule has 2 amide bonds. The molecule has 7 heteroatoms.